The van der Waals surface area contributed by atoms with Crippen LogP contribution in [0.4, 0.5) is 10.5 Å². The molecule has 8 nitrogen and oxygen atoms in total. The summed E-state index contributed by atoms with van der Waals surface area (Å²) in [4.78, 5) is 29.0. The first kappa shape index (κ1) is 25.0. The van der Waals surface area contributed by atoms with Gasteiger partial charge in [-0.25, -0.2) is 17.9 Å². The minimum Gasteiger partial charge on any atom is -0.337 e. The van der Waals surface area contributed by atoms with Crippen molar-refractivity contribution in [3.63, 3.8) is 0 Å². The Balaban J connectivity index is 1.61. The first-order valence-corrected chi connectivity index (χ1v) is 12.6. The molecular formula is C23H29ClN4O4S. The van der Waals surface area contributed by atoms with Gasteiger partial charge in [0, 0.05) is 48.0 Å². The van der Waals surface area contributed by atoms with E-state index in [1.54, 1.807) is 54.8 Å². The van der Waals surface area contributed by atoms with Crippen molar-refractivity contribution in [2.45, 2.75) is 37.6 Å². The number of carbonyl (C=O) groups is 2. The fourth-order valence-electron chi connectivity index (χ4n) is 3.51. The van der Waals surface area contributed by atoms with Crippen molar-refractivity contribution in [3.8, 4) is 0 Å². The zero-order valence-corrected chi connectivity index (χ0v) is 20.5. The topological polar surface area (TPSA) is 98.8 Å². The third kappa shape index (κ3) is 6.93. The second-order valence-electron chi connectivity index (χ2n) is 8.95. The molecule has 1 heterocycles. The van der Waals surface area contributed by atoms with Crippen molar-refractivity contribution < 1.29 is 18.0 Å². The number of carbonyl (C=O) groups excluding carboxylic acids is 2. The maximum Gasteiger partial charge on any atom is 0.321 e. The lowest BCUT2D eigenvalue weighted by molar-refractivity contribution is 0.0762. The largest absolute Gasteiger partial charge is 0.337 e. The quantitative estimate of drug-likeness (QED) is 0.678. The normalized spacial score (nSPS) is 15.2. The van der Waals surface area contributed by atoms with Gasteiger partial charge in [-0.1, -0.05) is 17.7 Å². The molecule has 178 valence electrons. The second-order valence-corrected chi connectivity index (χ2v) is 11.1. The van der Waals surface area contributed by atoms with Gasteiger partial charge in [0.05, 0.1) is 4.90 Å². The third-order valence-electron chi connectivity index (χ3n) is 5.00. The average Bonchev–Trinajstić information content (AvgIpc) is 2.98. The van der Waals surface area contributed by atoms with E-state index in [-0.39, 0.29) is 16.8 Å². The number of anilines is 1. The first-order valence-electron chi connectivity index (χ1n) is 10.7. The molecule has 0 saturated carbocycles. The van der Waals surface area contributed by atoms with Crippen LogP contribution in [0.5, 0.6) is 0 Å². The molecule has 3 amide bonds. The minimum atomic E-state index is -3.67. The Morgan fingerprint density at radius 2 is 1.58 bits per heavy atom. The summed E-state index contributed by atoms with van der Waals surface area (Å²) in [5, 5.41) is 3.36. The molecular weight excluding hydrogens is 464 g/mol. The standard InChI is InChI=1S/C23H29ClN4O4S/c1-23(2,3)26-33(31,32)20-10-8-17(9-11-20)21(29)27-12-5-13-28(15-14-27)22(30)25-19-7-4-6-18(24)16-19/h4,6-11,16,26H,5,12-15H2,1-3H3,(H,25,30). The predicted molar refractivity (Wildman–Crippen MR) is 129 cm³/mol. The highest BCUT2D eigenvalue weighted by atomic mass is 35.5. The van der Waals surface area contributed by atoms with Crippen LogP contribution in [0.15, 0.2) is 53.4 Å². The van der Waals surface area contributed by atoms with Crippen LogP contribution in [0.2, 0.25) is 5.02 Å². The molecule has 1 saturated heterocycles. The highest BCUT2D eigenvalue weighted by Crippen LogP contribution is 2.18. The van der Waals surface area contributed by atoms with Crippen molar-refractivity contribution in [2.24, 2.45) is 0 Å². The maximum absolute atomic E-state index is 13.0. The molecule has 0 atom stereocenters. The SMILES string of the molecule is CC(C)(C)NS(=O)(=O)c1ccc(C(=O)N2CCCN(C(=O)Nc3cccc(Cl)c3)CC2)cc1. The van der Waals surface area contributed by atoms with Gasteiger partial charge in [0.25, 0.3) is 5.91 Å². The van der Waals surface area contributed by atoms with E-state index < -0.39 is 15.6 Å². The van der Waals surface area contributed by atoms with Crippen LogP contribution in [0, 0.1) is 0 Å². The van der Waals surface area contributed by atoms with Crippen LogP contribution in [0.25, 0.3) is 0 Å². The number of nitrogens with one attached hydrogen (secondary N) is 2. The zero-order valence-electron chi connectivity index (χ0n) is 19.0. The number of hydrogen-bond acceptors (Lipinski definition) is 4. The minimum absolute atomic E-state index is 0.105. The maximum atomic E-state index is 13.0. The molecule has 2 N–H and O–H groups in total. The lowest BCUT2D eigenvalue weighted by atomic mass is 10.1. The summed E-state index contributed by atoms with van der Waals surface area (Å²) in [6.07, 6.45) is 0.636. The molecule has 0 spiro atoms. The lowest BCUT2D eigenvalue weighted by Crippen LogP contribution is -2.40. The van der Waals surface area contributed by atoms with Gasteiger partial charge in [-0.05, 0) is 69.7 Å². The molecule has 1 aliphatic rings. The molecule has 3 rings (SSSR count). The van der Waals surface area contributed by atoms with Gasteiger partial charge in [0.15, 0.2) is 0 Å². The summed E-state index contributed by atoms with van der Waals surface area (Å²) < 4.78 is 27.5. The Hall–Kier alpha value is -2.62. The number of benzene rings is 2. The number of urea groups is 1. The molecule has 33 heavy (non-hydrogen) atoms. The van der Waals surface area contributed by atoms with Crippen LogP contribution < -0.4 is 10.0 Å². The van der Waals surface area contributed by atoms with E-state index >= 15 is 0 Å². The van der Waals surface area contributed by atoms with Crippen LogP contribution in [-0.4, -0.2) is 61.9 Å². The second kappa shape index (κ2) is 10.1. The molecule has 2 aromatic carbocycles. The molecule has 0 unspecified atom stereocenters. The van der Waals surface area contributed by atoms with Crippen molar-refractivity contribution in [2.75, 3.05) is 31.5 Å². The van der Waals surface area contributed by atoms with E-state index in [4.69, 9.17) is 11.6 Å². The van der Waals surface area contributed by atoms with E-state index in [9.17, 15) is 18.0 Å². The molecule has 0 aromatic heterocycles. The van der Waals surface area contributed by atoms with Gasteiger partial charge in [0.1, 0.15) is 0 Å². The molecule has 1 aliphatic heterocycles. The van der Waals surface area contributed by atoms with Crippen LogP contribution in [0.1, 0.15) is 37.6 Å². The number of sulfonamides is 1. The van der Waals surface area contributed by atoms with Crippen LogP contribution in [0.3, 0.4) is 0 Å². The van der Waals surface area contributed by atoms with Gasteiger partial charge in [-0.15, -0.1) is 0 Å². The van der Waals surface area contributed by atoms with Crippen LogP contribution in [-0.2, 0) is 10.0 Å². The summed E-state index contributed by atoms with van der Waals surface area (Å²) in [7, 11) is -3.67. The van der Waals surface area contributed by atoms with Gasteiger partial charge in [-0.2, -0.15) is 0 Å². The molecule has 2 aromatic rings. The number of nitrogens with zero attached hydrogens (tertiary/aromatic N) is 2. The summed E-state index contributed by atoms with van der Waals surface area (Å²) in [5.41, 5.74) is 0.409. The third-order valence-corrected chi connectivity index (χ3v) is 7.01. The summed E-state index contributed by atoms with van der Waals surface area (Å²) in [6.45, 7) is 7.09. The predicted octanol–water partition coefficient (Wildman–Crippen LogP) is 3.80. The molecule has 0 aliphatic carbocycles. The number of hydrogen-bond donors (Lipinski definition) is 2. The summed E-state index contributed by atoms with van der Waals surface area (Å²) in [5.74, 6) is -0.195. The fourth-order valence-corrected chi connectivity index (χ4v) is 5.12. The molecule has 10 heteroatoms. The number of rotatable bonds is 4. The van der Waals surface area contributed by atoms with Crippen molar-refractivity contribution in [1.82, 2.24) is 14.5 Å². The lowest BCUT2D eigenvalue weighted by Gasteiger charge is -2.23. The summed E-state index contributed by atoms with van der Waals surface area (Å²) in [6, 6.07) is 12.6. The Morgan fingerprint density at radius 3 is 2.21 bits per heavy atom. The van der Waals surface area contributed by atoms with E-state index in [1.807, 2.05) is 0 Å². The highest BCUT2D eigenvalue weighted by molar-refractivity contribution is 7.89. The van der Waals surface area contributed by atoms with E-state index in [2.05, 4.69) is 10.0 Å². The smallest absolute Gasteiger partial charge is 0.321 e. The molecule has 0 radical (unpaired) electrons. The number of amides is 3. The Kier molecular flexibility index (Phi) is 7.66. The Labute approximate surface area is 200 Å². The highest BCUT2D eigenvalue weighted by Gasteiger charge is 2.25. The van der Waals surface area contributed by atoms with E-state index in [0.29, 0.717) is 48.9 Å². The number of halogens is 1. The first-order chi connectivity index (χ1) is 15.4. The van der Waals surface area contributed by atoms with Gasteiger partial charge in [-0.3, -0.25) is 4.79 Å². The average molecular weight is 493 g/mol. The Bertz CT molecular complexity index is 1110. The van der Waals surface area contributed by atoms with Crippen molar-refractivity contribution in [3.05, 3.63) is 59.1 Å². The van der Waals surface area contributed by atoms with Crippen molar-refractivity contribution >= 4 is 39.2 Å². The van der Waals surface area contributed by atoms with Gasteiger partial charge in [0.2, 0.25) is 10.0 Å². The monoisotopic (exact) mass is 492 g/mol. The molecule has 0 bridgehead atoms. The van der Waals surface area contributed by atoms with Crippen LogP contribution >= 0.6 is 11.6 Å². The van der Waals surface area contributed by atoms with E-state index in [1.165, 1.54) is 24.3 Å². The van der Waals surface area contributed by atoms with Gasteiger partial charge >= 0.3 is 6.03 Å². The zero-order chi connectivity index (χ0) is 24.2. The van der Waals surface area contributed by atoms with Gasteiger partial charge < -0.3 is 15.1 Å². The summed E-state index contributed by atoms with van der Waals surface area (Å²) >= 11 is 5.97. The Morgan fingerprint density at radius 1 is 0.939 bits per heavy atom. The fraction of sp³-hybridized carbons (Fsp3) is 0.391. The molecule has 1 fully saturated rings. The van der Waals surface area contributed by atoms with Crippen molar-refractivity contribution in [1.29, 1.82) is 0 Å². The van der Waals surface area contributed by atoms with E-state index in [0.717, 1.165) is 0 Å².